The molecule has 3 nitrogen and oxygen atoms in total. The van der Waals surface area contributed by atoms with Gasteiger partial charge in [0.1, 0.15) is 0 Å². The van der Waals surface area contributed by atoms with Gasteiger partial charge in [-0.1, -0.05) is 0 Å². The Bertz CT molecular complexity index is 435. The molecule has 0 aliphatic carbocycles. The van der Waals surface area contributed by atoms with Gasteiger partial charge in [-0.15, -0.1) is 0 Å². The van der Waals surface area contributed by atoms with Crippen molar-refractivity contribution in [2.24, 2.45) is 0 Å². The molecule has 1 aromatic rings. The molecule has 0 N–H and O–H groups in total. The maximum atomic E-state index is 6.46. The molecule has 0 fully saturated rings. The first-order chi connectivity index (χ1) is 12.5. The van der Waals surface area contributed by atoms with Gasteiger partial charge in [-0.05, 0) is 0 Å². The van der Waals surface area contributed by atoms with Crippen LogP contribution in [0.25, 0.3) is 0 Å². The summed E-state index contributed by atoms with van der Waals surface area (Å²) in [7, 11) is 0. The third-order valence-electron chi connectivity index (χ3n) is 4.67. The van der Waals surface area contributed by atoms with Crippen LogP contribution < -0.4 is 0 Å². The monoisotopic (exact) mass is 400 g/mol. The van der Waals surface area contributed by atoms with Gasteiger partial charge in [0.15, 0.2) is 0 Å². The average Bonchev–Trinajstić information content (AvgIpc) is 2.63. The van der Waals surface area contributed by atoms with Gasteiger partial charge in [0.25, 0.3) is 0 Å². The Hall–Kier alpha value is -0.186. The van der Waals surface area contributed by atoms with E-state index < -0.39 is 17.8 Å². The summed E-state index contributed by atoms with van der Waals surface area (Å²) < 4.78 is 20.3. The molecule has 0 unspecified atom stereocenters. The molecule has 0 saturated carbocycles. The molecule has 0 aliphatic heterocycles. The fourth-order valence-corrected chi connectivity index (χ4v) is 7.94. The first-order valence-corrected chi connectivity index (χ1v) is 13.5. The van der Waals surface area contributed by atoms with Crippen LogP contribution in [0.5, 0.6) is 0 Å². The fourth-order valence-electron chi connectivity index (χ4n) is 2.93. The topological polar surface area (TPSA) is 27.7 Å². The van der Waals surface area contributed by atoms with Crippen molar-refractivity contribution in [1.29, 1.82) is 0 Å². The number of rotatable bonds is 15. The van der Waals surface area contributed by atoms with Crippen molar-refractivity contribution >= 4 is 0 Å². The summed E-state index contributed by atoms with van der Waals surface area (Å²) in [5.41, 5.74) is 1.30. The first kappa shape index (κ1) is 23.9. The Balaban J connectivity index is 2.98. The SMILES string of the molecule is CCCC[O][Ti]([CH2]C(C)(C)c1ccccc1)([O]CCCC)[O]CCCC. The van der Waals surface area contributed by atoms with Gasteiger partial charge >= 0.3 is 167 Å². The summed E-state index contributed by atoms with van der Waals surface area (Å²) in [6.07, 6.45) is 6.58. The maximum absolute atomic E-state index is 6.46. The predicted molar refractivity (Wildman–Crippen MR) is 107 cm³/mol. The molecule has 0 aliphatic rings. The van der Waals surface area contributed by atoms with Crippen LogP contribution in [-0.4, -0.2) is 19.8 Å². The van der Waals surface area contributed by atoms with Crippen molar-refractivity contribution in [2.45, 2.75) is 83.3 Å². The third kappa shape index (κ3) is 8.67. The molecule has 0 amide bonds. The molecule has 0 heterocycles. The van der Waals surface area contributed by atoms with E-state index >= 15 is 0 Å². The molecular formula is C22H40O3Ti. The van der Waals surface area contributed by atoms with Crippen LogP contribution in [-0.2, 0) is 33.1 Å². The zero-order valence-corrected chi connectivity index (χ0v) is 19.2. The van der Waals surface area contributed by atoms with Gasteiger partial charge in [0.2, 0.25) is 0 Å². The van der Waals surface area contributed by atoms with Crippen LogP contribution >= 0.6 is 0 Å². The standard InChI is InChI=1S/C10H13.3C4H9O.Ti/c1-10(2,3)9-7-5-4-6-8-9;3*1-2-3-4-5;/h4-8H,1H2,2-3H3;3*2-4H2,1H3;/q;3*-1;+3. The van der Waals surface area contributed by atoms with Crippen molar-refractivity contribution in [1.82, 2.24) is 0 Å². The second-order valence-electron chi connectivity index (χ2n) is 7.72. The summed E-state index contributed by atoms with van der Waals surface area (Å²) in [5, 5.41) is 0. The fraction of sp³-hybridized carbons (Fsp3) is 0.727. The van der Waals surface area contributed by atoms with E-state index in [0.29, 0.717) is 0 Å². The van der Waals surface area contributed by atoms with Crippen molar-refractivity contribution in [3.63, 3.8) is 0 Å². The van der Waals surface area contributed by atoms with Gasteiger partial charge in [-0.3, -0.25) is 0 Å². The Morgan fingerprint density at radius 3 is 1.54 bits per heavy atom. The van der Waals surface area contributed by atoms with Crippen LogP contribution in [0, 0.1) is 0 Å². The van der Waals surface area contributed by atoms with Crippen molar-refractivity contribution in [3.05, 3.63) is 35.9 Å². The molecule has 0 radical (unpaired) electrons. The van der Waals surface area contributed by atoms with E-state index in [-0.39, 0.29) is 5.41 Å². The minimum atomic E-state index is -3.34. The summed E-state index contributed by atoms with van der Waals surface area (Å²) in [4.78, 5) is 0. The molecule has 0 bridgehead atoms. The van der Waals surface area contributed by atoms with Gasteiger partial charge in [-0.2, -0.15) is 0 Å². The molecule has 0 saturated heterocycles. The molecule has 1 aromatic carbocycles. The van der Waals surface area contributed by atoms with Crippen molar-refractivity contribution < 1.29 is 27.7 Å². The molecule has 26 heavy (non-hydrogen) atoms. The number of benzene rings is 1. The number of unbranched alkanes of at least 4 members (excludes halogenated alkanes) is 3. The number of hydrogen-bond acceptors (Lipinski definition) is 3. The quantitative estimate of drug-likeness (QED) is 0.241. The van der Waals surface area contributed by atoms with E-state index in [2.05, 4.69) is 65.0 Å². The van der Waals surface area contributed by atoms with E-state index in [0.717, 1.165) is 63.1 Å². The predicted octanol–water partition coefficient (Wildman–Crippen LogP) is 6.73. The van der Waals surface area contributed by atoms with Crippen molar-refractivity contribution in [3.8, 4) is 0 Å². The minimum absolute atomic E-state index is 0.0219. The molecule has 1 rings (SSSR count). The van der Waals surface area contributed by atoms with Crippen LogP contribution in [0.1, 0.15) is 78.7 Å². The van der Waals surface area contributed by atoms with E-state index in [1.807, 2.05) is 0 Å². The second-order valence-corrected chi connectivity index (χ2v) is 11.8. The Labute approximate surface area is 166 Å². The van der Waals surface area contributed by atoms with E-state index in [1.54, 1.807) is 0 Å². The summed E-state index contributed by atoms with van der Waals surface area (Å²) in [5.74, 6) is 0. The van der Waals surface area contributed by atoms with Gasteiger partial charge in [-0.25, -0.2) is 0 Å². The Morgan fingerprint density at radius 1 is 0.731 bits per heavy atom. The average molecular weight is 400 g/mol. The van der Waals surface area contributed by atoms with Crippen molar-refractivity contribution in [2.75, 3.05) is 19.8 Å². The molecule has 4 heteroatoms. The third-order valence-corrected chi connectivity index (χ3v) is 9.75. The second kappa shape index (κ2) is 13.1. The van der Waals surface area contributed by atoms with Gasteiger partial charge in [0.05, 0.1) is 0 Å². The zero-order chi connectivity index (χ0) is 19.3. The summed E-state index contributed by atoms with van der Waals surface area (Å²) in [6, 6.07) is 10.7. The van der Waals surface area contributed by atoms with Crippen LogP contribution in [0.4, 0.5) is 0 Å². The van der Waals surface area contributed by atoms with E-state index in [9.17, 15) is 0 Å². The molecule has 150 valence electrons. The molecular weight excluding hydrogens is 360 g/mol. The normalized spacial score (nSPS) is 12.5. The van der Waals surface area contributed by atoms with E-state index in [1.165, 1.54) is 5.56 Å². The Morgan fingerprint density at radius 2 is 1.15 bits per heavy atom. The zero-order valence-electron chi connectivity index (χ0n) is 17.7. The van der Waals surface area contributed by atoms with E-state index in [4.69, 9.17) is 9.96 Å². The summed E-state index contributed by atoms with van der Waals surface area (Å²) in [6.45, 7) is 13.4. The molecule has 0 spiro atoms. The number of hydrogen-bond donors (Lipinski definition) is 0. The first-order valence-electron chi connectivity index (χ1n) is 10.5. The van der Waals surface area contributed by atoms with Gasteiger partial charge < -0.3 is 0 Å². The van der Waals surface area contributed by atoms with Crippen LogP contribution in [0.3, 0.4) is 0 Å². The Kier molecular flexibility index (Phi) is 12.0. The summed E-state index contributed by atoms with van der Waals surface area (Å²) >= 11 is -3.34. The van der Waals surface area contributed by atoms with Crippen LogP contribution in [0.15, 0.2) is 30.3 Å². The molecule has 0 aromatic heterocycles. The van der Waals surface area contributed by atoms with Crippen LogP contribution in [0.2, 0.25) is 4.73 Å². The van der Waals surface area contributed by atoms with Gasteiger partial charge in [0, 0.05) is 0 Å². The molecule has 0 atom stereocenters.